The van der Waals surface area contributed by atoms with Crippen molar-refractivity contribution in [2.75, 3.05) is 7.11 Å². The van der Waals surface area contributed by atoms with Crippen molar-refractivity contribution in [3.63, 3.8) is 0 Å². The van der Waals surface area contributed by atoms with Gasteiger partial charge in [0, 0.05) is 11.0 Å². The number of alkyl halides is 1. The zero-order valence-electron chi connectivity index (χ0n) is 11.3. The smallest absolute Gasteiger partial charge is 0.165 e. The third-order valence-electron chi connectivity index (χ3n) is 2.81. The average Bonchev–Trinajstić information content (AvgIpc) is 2.46. The van der Waals surface area contributed by atoms with E-state index in [1.807, 2.05) is 19.1 Å². The molecular weight excluding hydrogens is 325 g/mol. The maximum absolute atomic E-state index is 13.6. The molecule has 0 amide bonds. The predicted molar refractivity (Wildman–Crippen MR) is 78.9 cm³/mol. The van der Waals surface area contributed by atoms with Gasteiger partial charge < -0.3 is 9.47 Å². The minimum absolute atomic E-state index is 0.229. The van der Waals surface area contributed by atoms with Crippen LogP contribution in [0.5, 0.6) is 11.5 Å². The van der Waals surface area contributed by atoms with E-state index in [9.17, 15) is 4.39 Å². The number of hydrogen-bond acceptors (Lipinski definition) is 3. The Labute approximate surface area is 125 Å². The quantitative estimate of drug-likeness (QED) is 0.771. The van der Waals surface area contributed by atoms with Crippen LogP contribution in [0, 0.1) is 12.7 Å². The number of ether oxygens (including phenoxy) is 2. The fourth-order valence-corrected chi connectivity index (χ4v) is 2.19. The molecule has 0 aliphatic rings. The van der Waals surface area contributed by atoms with Crippen molar-refractivity contribution in [3.05, 3.63) is 53.1 Å². The largest absolute Gasteiger partial charge is 0.494 e. The molecule has 0 aliphatic carbocycles. The van der Waals surface area contributed by atoms with E-state index in [0.29, 0.717) is 11.1 Å². The maximum Gasteiger partial charge on any atom is 0.165 e. The van der Waals surface area contributed by atoms with Gasteiger partial charge in [0.1, 0.15) is 12.4 Å². The molecule has 0 atom stereocenters. The molecule has 106 valence electrons. The normalized spacial score (nSPS) is 10.4. The molecule has 3 nitrogen and oxygen atoms in total. The summed E-state index contributed by atoms with van der Waals surface area (Å²) in [6.45, 7) is 2.21. The van der Waals surface area contributed by atoms with Gasteiger partial charge in [0.05, 0.1) is 12.8 Å². The van der Waals surface area contributed by atoms with Crippen LogP contribution in [0.4, 0.5) is 4.39 Å². The van der Waals surface area contributed by atoms with E-state index < -0.39 is 5.82 Å². The summed E-state index contributed by atoms with van der Waals surface area (Å²) in [6, 6.07) is 8.54. The molecule has 0 saturated carbocycles. The van der Waals surface area contributed by atoms with Gasteiger partial charge in [-0.3, -0.25) is 4.98 Å². The van der Waals surface area contributed by atoms with Crippen molar-refractivity contribution >= 4 is 15.9 Å². The van der Waals surface area contributed by atoms with Crippen LogP contribution in [0.1, 0.15) is 17.0 Å². The maximum atomic E-state index is 13.6. The highest BCUT2D eigenvalue weighted by atomic mass is 79.9. The molecular formula is C15H15BrFNO2. The number of hydrogen-bond donors (Lipinski definition) is 0. The fourth-order valence-electron chi connectivity index (χ4n) is 1.79. The van der Waals surface area contributed by atoms with Gasteiger partial charge >= 0.3 is 0 Å². The van der Waals surface area contributed by atoms with Crippen LogP contribution in [-0.2, 0) is 11.9 Å². The second-order valence-electron chi connectivity index (χ2n) is 4.29. The molecule has 2 rings (SSSR count). The Kier molecular flexibility index (Phi) is 4.95. The van der Waals surface area contributed by atoms with Gasteiger partial charge in [-0.05, 0) is 36.8 Å². The van der Waals surface area contributed by atoms with Crippen LogP contribution in [-0.4, -0.2) is 12.1 Å². The Morgan fingerprint density at radius 2 is 1.95 bits per heavy atom. The first-order chi connectivity index (χ1) is 9.63. The number of pyridine rings is 1. The molecule has 0 N–H and O–H groups in total. The topological polar surface area (TPSA) is 31.4 Å². The van der Waals surface area contributed by atoms with Gasteiger partial charge in [-0.15, -0.1) is 0 Å². The zero-order chi connectivity index (χ0) is 14.5. The number of aromatic nitrogens is 1. The minimum Gasteiger partial charge on any atom is -0.494 e. The van der Waals surface area contributed by atoms with Crippen molar-refractivity contribution in [1.82, 2.24) is 4.98 Å². The highest BCUT2D eigenvalue weighted by Crippen LogP contribution is 2.22. The van der Waals surface area contributed by atoms with Crippen molar-refractivity contribution in [3.8, 4) is 11.5 Å². The van der Waals surface area contributed by atoms with E-state index in [0.717, 1.165) is 17.0 Å². The number of aryl methyl sites for hydroxylation is 1. The van der Waals surface area contributed by atoms with Crippen LogP contribution in [0.25, 0.3) is 0 Å². The van der Waals surface area contributed by atoms with Gasteiger partial charge in [-0.2, -0.15) is 0 Å². The summed E-state index contributed by atoms with van der Waals surface area (Å²) in [5, 5.41) is 0.612. The zero-order valence-corrected chi connectivity index (χ0v) is 12.9. The second-order valence-corrected chi connectivity index (χ2v) is 4.85. The van der Waals surface area contributed by atoms with Crippen molar-refractivity contribution < 1.29 is 13.9 Å². The molecule has 1 heterocycles. The number of benzene rings is 1. The van der Waals surface area contributed by atoms with Crippen LogP contribution in [0.2, 0.25) is 0 Å². The lowest BCUT2D eigenvalue weighted by Gasteiger charge is -2.11. The first-order valence-electron chi connectivity index (χ1n) is 6.11. The Morgan fingerprint density at radius 3 is 2.60 bits per heavy atom. The Bertz CT molecular complexity index is 604. The highest BCUT2D eigenvalue weighted by molar-refractivity contribution is 9.08. The number of methoxy groups -OCH3 is 1. The van der Waals surface area contributed by atoms with E-state index in [-0.39, 0.29) is 12.4 Å². The van der Waals surface area contributed by atoms with E-state index in [4.69, 9.17) is 9.47 Å². The molecule has 0 radical (unpaired) electrons. The van der Waals surface area contributed by atoms with Gasteiger partial charge in [0.2, 0.25) is 0 Å². The SMILES string of the molecule is COc1ccc(COc2ccc(C)nc2CBr)cc1F. The van der Waals surface area contributed by atoms with Crippen molar-refractivity contribution in [2.45, 2.75) is 18.9 Å². The summed E-state index contributed by atoms with van der Waals surface area (Å²) in [5.74, 6) is 0.534. The summed E-state index contributed by atoms with van der Waals surface area (Å²) >= 11 is 3.38. The van der Waals surface area contributed by atoms with Crippen molar-refractivity contribution in [2.24, 2.45) is 0 Å². The first kappa shape index (κ1) is 14.8. The van der Waals surface area contributed by atoms with Crippen LogP contribution >= 0.6 is 15.9 Å². The molecule has 0 fully saturated rings. The third kappa shape index (κ3) is 3.48. The average molecular weight is 340 g/mol. The third-order valence-corrected chi connectivity index (χ3v) is 3.34. The van der Waals surface area contributed by atoms with E-state index in [2.05, 4.69) is 20.9 Å². The van der Waals surface area contributed by atoms with Gasteiger partial charge in [-0.25, -0.2) is 4.39 Å². The van der Waals surface area contributed by atoms with E-state index in [1.165, 1.54) is 13.2 Å². The van der Waals surface area contributed by atoms with Crippen molar-refractivity contribution in [1.29, 1.82) is 0 Å². The molecule has 0 unspecified atom stereocenters. The lowest BCUT2D eigenvalue weighted by Crippen LogP contribution is -2.01. The predicted octanol–water partition coefficient (Wildman–Crippen LogP) is 4.01. The lowest BCUT2D eigenvalue weighted by molar-refractivity contribution is 0.301. The summed E-state index contributed by atoms with van der Waals surface area (Å²) in [7, 11) is 1.44. The van der Waals surface area contributed by atoms with Crippen LogP contribution in [0.3, 0.4) is 0 Å². The molecule has 1 aromatic heterocycles. The highest BCUT2D eigenvalue weighted by Gasteiger charge is 2.07. The van der Waals surface area contributed by atoms with Gasteiger partial charge in [-0.1, -0.05) is 22.0 Å². The fraction of sp³-hybridized carbons (Fsp3) is 0.267. The summed E-state index contributed by atoms with van der Waals surface area (Å²) in [5.41, 5.74) is 2.51. The molecule has 1 aromatic carbocycles. The minimum atomic E-state index is -0.392. The summed E-state index contributed by atoms with van der Waals surface area (Å²) in [4.78, 5) is 4.38. The van der Waals surface area contributed by atoms with Crippen LogP contribution < -0.4 is 9.47 Å². The molecule has 5 heteroatoms. The second kappa shape index (κ2) is 6.70. The van der Waals surface area contributed by atoms with Gasteiger partial charge in [0.15, 0.2) is 11.6 Å². The summed E-state index contributed by atoms with van der Waals surface area (Å²) in [6.07, 6.45) is 0. The van der Waals surface area contributed by atoms with E-state index in [1.54, 1.807) is 12.1 Å². The number of halogens is 2. The first-order valence-corrected chi connectivity index (χ1v) is 7.24. The Balaban J connectivity index is 2.10. The molecule has 0 spiro atoms. The molecule has 0 aliphatic heterocycles. The summed E-state index contributed by atoms with van der Waals surface area (Å²) < 4.78 is 24.2. The standard InChI is InChI=1S/C15H15BrFNO2/c1-10-3-5-15(13(8-16)18-10)20-9-11-4-6-14(19-2)12(17)7-11/h3-7H,8-9H2,1-2H3. The molecule has 20 heavy (non-hydrogen) atoms. The van der Waals surface area contributed by atoms with Crippen LogP contribution in [0.15, 0.2) is 30.3 Å². The molecule has 0 saturated heterocycles. The van der Waals surface area contributed by atoms with E-state index >= 15 is 0 Å². The number of rotatable bonds is 5. The Hall–Kier alpha value is -1.62. The molecule has 2 aromatic rings. The number of nitrogens with zero attached hydrogens (tertiary/aromatic N) is 1. The lowest BCUT2D eigenvalue weighted by atomic mass is 10.2. The Morgan fingerprint density at radius 1 is 1.20 bits per heavy atom. The monoisotopic (exact) mass is 339 g/mol. The molecule has 0 bridgehead atoms. The van der Waals surface area contributed by atoms with Gasteiger partial charge in [0.25, 0.3) is 0 Å².